The fourth-order valence-corrected chi connectivity index (χ4v) is 2.17. The SMILES string of the molecule is CCCCCCNC(=O)c1scnc1C(F)(F)F. The van der Waals surface area contributed by atoms with Crippen LogP contribution in [0.2, 0.25) is 0 Å². The van der Waals surface area contributed by atoms with E-state index in [1.54, 1.807) is 0 Å². The molecule has 1 amide bonds. The van der Waals surface area contributed by atoms with E-state index in [0.717, 1.165) is 31.2 Å². The second kappa shape index (κ2) is 6.72. The number of amides is 1. The van der Waals surface area contributed by atoms with Crippen molar-refractivity contribution in [1.82, 2.24) is 10.3 Å². The largest absolute Gasteiger partial charge is 0.434 e. The Morgan fingerprint density at radius 3 is 2.72 bits per heavy atom. The molecule has 1 N–H and O–H groups in total. The van der Waals surface area contributed by atoms with E-state index >= 15 is 0 Å². The third kappa shape index (κ3) is 4.29. The second-order valence-electron chi connectivity index (χ2n) is 3.84. The van der Waals surface area contributed by atoms with E-state index < -0.39 is 17.8 Å². The molecule has 0 aliphatic rings. The van der Waals surface area contributed by atoms with Crippen LogP contribution < -0.4 is 5.32 Å². The summed E-state index contributed by atoms with van der Waals surface area (Å²) in [5, 5.41) is 2.49. The zero-order valence-corrected chi connectivity index (χ0v) is 10.8. The number of unbranched alkanes of at least 4 members (excludes halogenated alkanes) is 3. The molecule has 0 atom stereocenters. The maximum atomic E-state index is 12.5. The summed E-state index contributed by atoms with van der Waals surface area (Å²) in [6, 6.07) is 0. The van der Waals surface area contributed by atoms with Crippen LogP contribution >= 0.6 is 11.3 Å². The zero-order chi connectivity index (χ0) is 13.6. The molecule has 0 aliphatic carbocycles. The van der Waals surface area contributed by atoms with Gasteiger partial charge in [-0.15, -0.1) is 11.3 Å². The molecule has 1 rings (SSSR count). The Morgan fingerprint density at radius 2 is 2.11 bits per heavy atom. The van der Waals surface area contributed by atoms with Gasteiger partial charge < -0.3 is 5.32 Å². The predicted octanol–water partition coefficient (Wildman–Crippen LogP) is 3.47. The third-order valence-corrected chi connectivity index (χ3v) is 3.18. The Kier molecular flexibility index (Phi) is 5.58. The van der Waals surface area contributed by atoms with Gasteiger partial charge in [0.15, 0.2) is 5.69 Å². The van der Waals surface area contributed by atoms with Gasteiger partial charge in [0.25, 0.3) is 5.91 Å². The number of nitrogens with one attached hydrogen (secondary N) is 1. The third-order valence-electron chi connectivity index (χ3n) is 2.36. The normalized spacial score (nSPS) is 11.6. The van der Waals surface area contributed by atoms with Crippen molar-refractivity contribution in [2.45, 2.75) is 38.8 Å². The molecule has 0 fully saturated rings. The van der Waals surface area contributed by atoms with Crippen LogP contribution in [-0.4, -0.2) is 17.4 Å². The number of carbonyl (C=O) groups is 1. The first-order chi connectivity index (χ1) is 8.46. The Morgan fingerprint density at radius 1 is 1.39 bits per heavy atom. The summed E-state index contributed by atoms with van der Waals surface area (Å²) < 4.78 is 37.5. The van der Waals surface area contributed by atoms with E-state index in [1.165, 1.54) is 0 Å². The van der Waals surface area contributed by atoms with Crippen molar-refractivity contribution in [1.29, 1.82) is 0 Å². The highest BCUT2D eigenvalue weighted by Crippen LogP contribution is 2.32. The van der Waals surface area contributed by atoms with Crippen molar-refractivity contribution >= 4 is 17.2 Å². The molecule has 0 saturated carbocycles. The fraction of sp³-hybridized carbons (Fsp3) is 0.636. The molecule has 0 aromatic carbocycles. The van der Waals surface area contributed by atoms with E-state index in [0.29, 0.717) is 17.9 Å². The topological polar surface area (TPSA) is 42.0 Å². The Bertz CT molecular complexity index is 390. The van der Waals surface area contributed by atoms with Gasteiger partial charge in [0.05, 0.1) is 5.51 Å². The number of carbonyl (C=O) groups excluding carboxylic acids is 1. The molecule has 1 heterocycles. The maximum Gasteiger partial charge on any atom is 0.434 e. The molecular weight excluding hydrogens is 265 g/mol. The molecule has 7 heteroatoms. The summed E-state index contributed by atoms with van der Waals surface area (Å²) in [5.41, 5.74) is -0.0620. The van der Waals surface area contributed by atoms with Crippen LogP contribution in [0.25, 0.3) is 0 Å². The number of rotatable bonds is 6. The number of thiazole rings is 1. The van der Waals surface area contributed by atoms with Gasteiger partial charge in [-0.05, 0) is 6.42 Å². The van der Waals surface area contributed by atoms with Gasteiger partial charge >= 0.3 is 6.18 Å². The highest BCUT2D eigenvalue weighted by molar-refractivity contribution is 7.11. The monoisotopic (exact) mass is 280 g/mol. The maximum absolute atomic E-state index is 12.5. The summed E-state index contributed by atoms with van der Waals surface area (Å²) in [6.45, 7) is 2.46. The molecule has 3 nitrogen and oxygen atoms in total. The smallest absolute Gasteiger partial charge is 0.351 e. The van der Waals surface area contributed by atoms with Crippen molar-refractivity contribution in [3.63, 3.8) is 0 Å². The van der Waals surface area contributed by atoms with Crippen molar-refractivity contribution in [3.05, 3.63) is 16.1 Å². The standard InChI is InChI=1S/C11H15F3N2OS/c1-2-3-4-5-6-15-10(17)8-9(11(12,13)14)16-7-18-8/h7H,2-6H2,1H3,(H,15,17). The second-order valence-corrected chi connectivity index (χ2v) is 4.70. The molecule has 0 bridgehead atoms. The minimum atomic E-state index is -4.57. The van der Waals surface area contributed by atoms with Crippen LogP contribution in [0.1, 0.15) is 48.0 Å². The molecule has 18 heavy (non-hydrogen) atoms. The molecule has 0 unspecified atom stereocenters. The van der Waals surface area contributed by atoms with Gasteiger partial charge in [0, 0.05) is 6.54 Å². The average molecular weight is 280 g/mol. The lowest BCUT2D eigenvalue weighted by Gasteiger charge is -2.07. The molecule has 1 aromatic heterocycles. The first-order valence-corrected chi connectivity index (χ1v) is 6.63. The van der Waals surface area contributed by atoms with E-state index in [4.69, 9.17) is 0 Å². The molecule has 0 saturated heterocycles. The summed E-state index contributed by atoms with van der Waals surface area (Å²) >= 11 is 0.710. The first-order valence-electron chi connectivity index (χ1n) is 5.75. The van der Waals surface area contributed by atoms with Crippen LogP contribution in [0.5, 0.6) is 0 Å². The van der Waals surface area contributed by atoms with Crippen LogP contribution in [-0.2, 0) is 6.18 Å². The fourth-order valence-electron chi connectivity index (χ4n) is 1.44. The van der Waals surface area contributed by atoms with E-state index in [9.17, 15) is 18.0 Å². The quantitative estimate of drug-likeness (QED) is 0.811. The molecule has 0 spiro atoms. The van der Waals surface area contributed by atoms with Crippen molar-refractivity contribution in [2.75, 3.05) is 6.54 Å². The molecule has 0 radical (unpaired) electrons. The van der Waals surface area contributed by atoms with Crippen molar-refractivity contribution < 1.29 is 18.0 Å². The molecule has 0 aliphatic heterocycles. The lowest BCUT2D eigenvalue weighted by Crippen LogP contribution is -2.26. The highest BCUT2D eigenvalue weighted by atomic mass is 32.1. The summed E-state index contributed by atoms with van der Waals surface area (Å²) in [7, 11) is 0. The number of hydrogen-bond acceptors (Lipinski definition) is 3. The summed E-state index contributed by atoms with van der Waals surface area (Å²) in [5.74, 6) is -0.693. The van der Waals surface area contributed by atoms with Gasteiger partial charge in [-0.3, -0.25) is 4.79 Å². The lowest BCUT2D eigenvalue weighted by atomic mass is 10.2. The van der Waals surface area contributed by atoms with Gasteiger partial charge in [0.1, 0.15) is 4.88 Å². The molecule has 1 aromatic rings. The number of nitrogens with zero attached hydrogens (tertiary/aromatic N) is 1. The van der Waals surface area contributed by atoms with Crippen molar-refractivity contribution in [2.24, 2.45) is 0 Å². The van der Waals surface area contributed by atoms with Gasteiger partial charge in [-0.25, -0.2) is 4.98 Å². The molecular formula is C11H15F3N2OS. The van der Waals surface area contributed by atoms with Crippen LogP contribution in [0.15, 0.2) is 5.51 Å². The van der Waals surface area contributed by atoms with Gasteiger partial charge in [-0.2, -0.15) is 13.2 Å². The minimum Gasteiger partial charge on any atom is -0.351 e. The Labute approximate surface area is 107 Å². The van der Waals surface area contributed by atoms with Crippen LogP contribution in [0.3, 0.4) is 0 Å². The van der Waals surface area contributed by atoms with Gasteiger partial charge in [-0.1, -0.05) is 26.2 Å². The number of alkyl halides is 3. The highest BCUT2D eigenvalue weighted by Gasteiger charge is 2.38. The Hall–Kier alpha value is -1.11. The summed E-state index contributed by atoms with van der Waals surface area (Å²) in [6.07, 6.45) is -0.703. The Balaban J connectivity index is 2.50. The minimum absolute atomic E-state index is 0.363. The van der Waals surface area contributed by atoms with Gasteiger partial charge in [0.2, 0.25) is 0 Å². The first kappa shape index (κ1) is 14.9. The number of hydrogen-bond donors (Lipinski definition) is 1. The van der Waals surface area contributed by atoms with E-state index in [1.807, 2.05) is 0 Å². The van der Waals surface area contributed by atoms with Crippen molar-refractivity contribution in [3.8, 4) is 0 Å². The zero-order valence-electron chi connectivity index (χ0n) is 10.0. The van der Waals surface area contributed by atoms with Crippen LogP contribution in [0.4, 0.5) is 13.2 Å². The number of halogens is 3. The van der Waals surface area contributed by atoms with E-state index in [-0.39, 0.29) is 4.88 Å². The molecule has 102 valence electrons. The lowest BCUT2D eigenvalue weighted by molar-refractivity contribution is -0.141. The average Bonchev–Trinajstić information content (AvgIpc) is 2.77. The van der Waals surface area contributed by atoms with Crippen LogP contribution in [0, 0.1) is 0 Å². The number of aromatic nitrogens is 1. The van der Waals surface area contributed by atoms with E-state index in [2.05, 4.69) is 17.2 Å². The summed E-state index contributed by atoms with van der Waals surface area (Å²) in [4.78, 5) is 14.4. The predicted molar refractivity (Wildman–Crippen MR) is 63.6 cm³/mol.